The van der Waals surface area contributed by atoms with Crippen LogP contribution in [0.5, 0.6) is 0 Å². The molecule has 6 heterocycles. The number of rotatable bonds is 9. The van der Waals surface area contributed by atoms with Crippen LogP contribution in [0.4, 0.5) is 0 Å². The molecule has 0 aliphatic heterocycles. The van der Waals surface area contributed by atoms with E-state index in [2.05, 4.69) is 255 Å². The van der Waals surface area contributed by atoms with Gasteiger partial charge in [0.15, 0.2) is 0 Å². The largest absolute Gasteiger partial charge is 0.253 e. The van der Waals surface area contributed by atoms with Crippen LogP contribution in [0.15, 0.2) is 292 Å². The van der Waals surface area contributed by atoms with E-state index in [4.69, 9.17) is 29.9 Å². The zero-order valence-corrected chi connectivity index (χ0v) is 45.4. The summed E-state index contributed by atoms with van der Waals surface area (Å²) in [5.41, 5.74) is 24.0. The molecular formula is C78H48N6. The van der Waals surface area contributed by atoms with Gasteiger partial charge in [0.05, 0.1) is 50.2 Å². The van der Waals surface area contributed by atoms with Gasteiger partial charge in [0.2, 0.25) is 0 Å². The molecule has 16 rings (SSSR count). The van der Waals surface area contributed by atoms with Crippen LogP contribution >= 0.6 is 0 Å². The summed E-state index contributed by atoms with van der Waals surface area (Å²) in [6.45, 7) is 0. The number of aromatic nitrogens is 6. The molecule has 0 amide bonds. The molecule has 0 saturated heterocycles. The van der Waals surface area contributed by atoms with E-state index in [0.29, 0.717) is 0 Å². The molecule has 0 radical (unpaired) electrons. The lowest BCUT2D eigenvalue weighted by Crippen LogP contribution is -1.93. The van der Waals surface area contributed by atoms with Crippen molar-refractivity contribution in [3.8, 4) is 101 Å². The predicted molar refractivity (Wildman–Crippen MR) is 347 cm³/mol. The van der Waals surface area contributed by atoms with Gasteiger partial charge in [0.25, 0.3) is 0 Å². The summed E-state index contributed by atoms with van der Waals surface area (Å²) >= 11 is 0. The minimum Gasteiger partial charge on any atom is -0.253 e. The van der Waals surface area contributed by atoms with Gasteiger partial charge in [-0.2, -0.15) is 0 Å². The number of hydrogen-bond donors (Lipinski definition) is 0. The van der Waals surface area contributed by atoms with Gasteiger partial charge in [-0.1, -0.05) is 200 Å². The second-order valence-corrected chi connectivity index (χ2v) is 21.5. The van der Waals surface area contributed by atoms with Crippen LogP contribution in [0.1, 0.15) is 0 Å². The highest BCUT2D eigenvalue weighted by Crippen LogP contribution is 2.39. The summed E-state index contributed by atoms with van der Waals surface area (Å²) in [5, 5.41) is 6.13. The van der Waals surface area contributed by atoms with E-state index < -0.39 is 0 Å². The van der Waals surface area contributed by atoms with Crippen molar-refractivity contribution in [1.82, 2.24) is 29.9 Å². The Labute approximate surface area is 484 Å². The Bertz CT molecular complexity index is 4720. The number of fused-ring (bicyclic) bond motifs is 9. The fourth-order valence-corrected chi connectivity index (χ4v) is 11.9. The maximum absolute atomic E-state index is 5.29. The van der Waals surface area contributed by atoms with Crippen molar-refractivity contribution < 1.29 is 0 Å². The monoisotopic (exact) mass is 1070 g/mol. The maximum atomic E-state index is 5.29. The lowest BCUT2D eigenvalue weighted by molar-refractivity contribution is 1.36. The Balaban J connectivity index is 0.806. The van der Waals surface area contributed by atoms with Crippen LogP contribution in [-0.4, -0.2) is 29.9 Å². The number of hydrogen-bond acceptors (Lipinski definition) is 6. The van der Waals surface area contributed by atoms with Crippen LogP contribution in [0.2, 0.25) is 0 Å². The highest BCUT2D eigenvalue weighted by molar-refractivity contribution is 6.07. The summed E-state index contributed by atoms with van der Waals surface area (Å²) in [6.07, 6.45) is 5.96. The third-order valence-electron chi connectivity index (χ3n) is 16.3. The van der Waals surface area contributed by atoms with Crippen LogP contribution in [0, 0.1) is 0 Å². The van der Waals surface area contributed by atoms with Crippen molar-refractivity contribution in [3.63, 3.8) is 0 Å². The van der Waals surface area contributed by atoms with Crippen molar-refractivity contribution in [2.24, 2.45) is 0 Å². The van der Waals surface area contributed by atoms with Crippen LogP contribution in [-0.2, 0) is 0 Å². The first-order chi connectivity index (χ1) is 41.5. The Morgan fingerprint density at radius 3 is 0.714 bits per heavy atom. The van der Waals surface area contributed by atoms with Gasteiger partial charge in [-0.05, 0) is 123 Å². The summed E-state index contributed by atoms with van der Waals surface area (Å²) in [6, 6.07) is 96.4. The molecule has 0 spiro atoms. The standard InChI is InChI=1S/C78H48N6/c1-4-13-49(14-5-1)55-19-10-22-58(37-55)70-34-31-52-25-28-61-40-67(46-79-73(61)76(52)82-70)64-43-65(68-41-62-29-26-53-32-35-71(83-77(53)74(62)80-47-68)59-23-11-20-56(38-59)50-15-6-2-7-16-50)45-66(44-64)69-42-63-30-27-54-33-36-72(84-78(54)75(63)81-48-69)60-24-12-21-57(39-60)51-17-8-3-9-18-51/h1-48H. The highest BCUT2D eigenvalue weighted by atomic mass is 14.8. The van der Waals surface area contributed by atoms with Crippen molar-refractivity contribution in [2.45, 2.75) is 0 Å². The van der Waals surface area contributed by atoms with E-state index in [0.717, 1.165) is 149 Å². The first-order valence-corrected chi connectivity index (χ1v) is 28.3. The zero-order valence-electron chi connectivity index (χ0n) is 45.4. The summed E-state index contributed by atoms with van der Waals surface area (Å²) in [7, 11) is 0. The minimum atomic E-state index is 0.854. The molecule has 6 nitrogen and oxygen atoms in total. The number of benzene rings is 10. The molecule has 0 bridgehead atoms. The van der Waals surface area contributed by atoms with Gasteiger partial charge in [-0.3, -0.25) is 15.0 Å². The lowest BCUT2D eigenvalue weighted by atomic mass is 9.93. The van der Waals surface area contributed by atoms with E-state index in [9.17, 15) is 0 Å². The molecule has 6 aromatic heterocycles. The Kier molecular flexibility index (Phi) is 11.8. The van der Waals surface area contributed by atoms with Gasteiger partial charge in [0.1, 0.15) is 0 Å². The van der Waals surface area contributed by atoms with E-state index in [-0.39, 0.29) is 0 Å². The molecule has 84 heavy (non-hydrogen) atoms. The molecule has 0 aliphatic rings. The molecule has 0 unspecified atom stereocenters. The fraction of sp³-hybridized carbons (Fsp3) is 0. The van der Waals surface area contributed by atoms with E-state index >= 15 is 0 Å². The number of nitrogens with zero attached hydrogens (tertiary/aromatic N) is 6. The van der Waals surface area contributed by atoms with Gasteiger partial charge < -0.3 is 0 Å². The van der Waals surface area contributed by atoms with Crippen LogP contribution in [0.25, 0.3) is 166 Å². The van der Waals surface area contributed by atoms with Gasteiger partial charge in [-0.25, -0.2) is 15.0 Å². The minimum absolute atomic E-state index is 0.854. The van der Waals surface area contributed by atoms with Crippen molar-refractivity contribution in [1.29, 1.82) is 0 Å². The first kappa shape index (κ1) is 48.6. The molecular weight excluding hydrogens is 1020 g/mol. The third kappa shape index (κ3) is 8.96. The molecule has 0 aliphatic carbocycles. The van der Waals surface area contributed by atoms with Crippen molar-refractivity contribution in [3.05, 3.63) is 292 Å². The highest BCUT2D eigenvalue weighted by Gasteiger charge is 2.16. The van der Waals surface area contributed by atoms with Crippen molar-refractivity contribution in [2.75, 3.05) is 0 Å². The normalized spacial score (nSPS) is 11.6. The molecule has 0 N–H and O–H groups in total. The van der Waals surface area contributed by atoms with E-state index in [1.54, 1.807) is 0 Å². The molecule has 10 aromatic carbocycles. The van der Waals surface area contributed by atoms with E-state index in [1.165, 1.54) is 16.7 Å². The summed E-state index contributed by atoms with van der Waals surface area (Å²) in [4.78, 5) is 31.6. The topological polar surface area (TPSA) is 77.3 Å². The third-order valence-corrected chi connectivity index (χ3v) is 16.3. The SMILES string of the molecule is c1ccc(-c2cccc(-c3ccc4ccc5cc(-c6cc(-c7cnc8c(ccc9ccc(-c%10cccc(-c%11ccccc%11)c%10)nc98)c7)cc(-c7cnc8c(ccc9ccc(-c%10cccc(-c%11ccccc%11)c%10)nc98)c7)c6)cnc5c4n3)c2)cc1. The average Bonchev–Trinajstić information content (AvgIpc) is 3.09. The smallest absolute Gasteiger partial charge is 0.0972 e. The zero-order chi connectivity index (χ0) is 55.5. The molecule has 0 atom stereocenters. The molecule has 16 aromatic rings. The Morgan fingerprint density at radius 2 is 0.405 bits per heavy atom. The maximum Gasteiger partial charge on any atom is 0.0972 e. The van der Waals surface area contributed by atoms with Gasteiger partial charge in [-0.15, -0.1) is 0 Å². The summed E-state index contributed by atoms with van der Waals surface area (Å²) < 4.78 is 0. The van der Waals surface area contributed by atoms with Crippen LogP contribution in [0.3, 0.4) is 0 Å². The van der Waals surface area contributed by atoms with Gasteiger partial charge in [0, 0.05) is 84.3 Å². The quantitative estimate of drug-likeness (QED) is 0.134. The summed E-state index contributed by atoms with van der Waals surface area (Å²) in [5.74, 6) is 0. The molecule has 390 valence electrons. The number of pyridine rings is 6. The lowest BCUT2D eigenvalue weighted by Gasteiger charge is -2.14. The first-order valence-electron chi connectivity index (χ1n) is 28.3. The second kappa shape index (κ2) is 20.3. The second-order valence-electron chi connectivity index (χ2n) is 21.5. The van der Waals surface area contributed by atoms with E-state index in [1.807, 2.05) is 36.8 Å². The molecule has 0 saturated carbocycles. The Hall–Kier alpha value is -11.3. The predicted octanol–water partition coefficient (Wildman–Crippen LogP) is 20.0. The van der Waals surface area contributed by atoms with Crippen LogP contribution < -0.4 is 0 Å². The molecule has 6 heteroatoms. The van der Waals surface area contributed by atoms with Crippen molar-refractivity contribution >= 4 is 65.4 Å². The van der Waals surface area contributed by atoms with Gasteiger partial charge >= 0.3 is 0 Å². The Morgan fingerprint density at radius 1 is 0.155 bits per heavy atom. The average molecular weight is 1070 g/mol. The fourth-order valence-electron chi connectivity index (χ4n) is 11.9. The molecule has 0 fully saturated rings.